The Morgan fingerprint density at radius 3 is 0.927 bits per heavy atom. The number of rotatable bonds is 65. The Balaban J connectivity index is 0.903. The van der Waals surface area contributed by atoms with Gasteiger partial charge in [-0.15, -0.1) is 0 Å². The van der Waals surface area contributed by atoms with E-state index in [4.69, 9.17) is 85.3 Å². The van der Waals surface area contributed by atoms with E-state index >= 15 is 0 Å². The molecule has 9 rings (SSSR count). The third-order valence-electron chi connectivity index (χ3n) is 29.6. The van der Waals surface area contributed by atoms with Crippen LogP contribution in [-0.4, -0.2) is 475 Å². The van der Waals surface area contributed by atoms with Crippen molar-refractivity contribution >= 4 is 17.7 Å². The Kier molecular flexibility index (Phi) is 58.0. The number of aliphatic hydroxyl groups excluding tert-OH is 24. The van der Waals surface area contributed by atoms with Crippen molar-refractivity contribution in [3.8, 4) is 0 Å². The number of amides is 3. The van der Waals surface area contributed by atoms with Gasteiger partial charge < -0.3 is 224 Å². The van der Waals surface area contributed by atoms with E-state index in [-0.39, 0.29) is 12.3 Å². The second kappa shape index (κ2) is 67.1. The highest BCUT2D eigenvalue weighted by Gasteiger charge is 2.63. The molecule has 48 heteroatoms. The zero-order chi connectivity index (χ0) is 110. The van der Waals surface area contributed by atoms with Crippen LogP contribution >= 0.6 is 0 Å². The van der Waals surface area contributed by atoms with Crippen molar-refractivity contribution in [2.75, 3.05) is 46.2 Å². The van der Waals surface area contributed by atoms with Crippen LogP contribution in [0.25, 0.3) is 0 Å². The topological polar surface area (TPSA) is 739 Å². The molecule has 9 heterocycles. The molecule has 0 spiro atoms. The molecule has 150 heavy (non-hydrogen) atoms. The first-order valence-electron chi connectivity index (χ1n) is 54.7. The van der Waals surface area contributed by atoms with Crippen LogP contribution < -0.4 is 16.0 Å². The number of carbonyl (C=O) groups excluding carboxylic acids is 3. The summed E-state index contributed by atoms with van der Waals surface area (Å²) in [6.45, 7) is 2.73. The highest BCUT2D eigenvalue weighted by Crippen LogP contribution is 2.43. The number of aliphatic hydroxyl groups is 24. The van der Waals surface area contributed by atoms with Crippen LogP contribution in [0.3, 0.4) is 0 Å². The van der Waals surface area contributed by atoms with E-state index < -0.39 is 346 Å². The molecule has 0 radical (unpaired) electrons. The standard InChI is InChI=1S/C102H181N3O45/c1-8-10-12-14-16-18-20-22-23-24-25-26-27-28-29-30-31-33-35-37-39-41-43-45-66(115)105-58(59(114)44-42-40-38-36-34-32-21-19-17-15-13-11-9-2)52-133-96-83(130)79(126)86(63(49-109)142-96)143-100-84(131)91(73(120)61(47-107)137-100)148-94-67(103-56(6)112)89(146-97-80(127)75(122)69(116)53(3)134-97)87(64(50-110)140-94)144-101-85(132)92(74(121)62(48-108)138-101)149-95-68(104-57(7)113)90(147-98-81(128)76(123)70(117)54(4)135-98)88(65(51-111)141-95)145-102-93(78(125)72(119)60(46-106)139-102)150-99-82(129)77(124)71(118)55(5)136-99/h22-23,42,44,53-55,58-65,67-102,106-111,114,116-132H,8-21,24-41,43,45-52H2,1-7H3,(H,103,112)(H,104,113)(H,105,115)/b23-22-,44-42+/t53?,54?,55?,58-,59+,60?,61?,62?,63?,64?,65?,67?,68?,69+,70+,71+,72-,73-,74-,75?,76?,77?,78-,79+,80-,81-,82-,83?,84?,85?,86+,87+,88+,89+,90+,91-,92-,93?,94-,95-,96+,97+,98+,99+,100-,101-,102-/m0/s1. The summed E-state index contributed by atoms with van der Waals surface area (Å²) in [7, 11) is 0. The van der Waals surface area contributed by atoms with Crippen LogP contribution in [0.1, 0.15) is 267 Å². The highest BCUT2D eigenvalue weighted by molar-refractivity contribution is 5.76. The minimum Gasteiger partial charge on any atom is -0.394 e. The van der Waals surface area contributed by atoms with Crippen LogP contribution in [0, 0.1) is 0 Å². The van der Waals surface area contributed by atoms with E-state index in [9.17, 15) is 137 Å². The largest absolute Gasteiger partial charge is 0.394 e. The number of allylic oxidation sites excluding steroid dienone is 3. The first-order valence-corrected chi connectivity index (χ1v) is 54.7. The lowest BCUT2D eigenvalue weighted by molar-refractivity contribution is -0.404. The number of hydrogen-bond acceptors (Lipinski definition) is 45. The van der Waals surface area contributed by atoms with Gasteiger partial charge in [-0.2, -0.15) is 0 Å². The molecular weight excluding hydrogens is 1990 g/mol. The van der Waals surface area contributed by atoms with Gasteiger partial charge in [0, 0.05) is 20.3 Å². The minimum atomic E-state index is -2.51. The van der Waals surface area contributed by atoms with E-state index in [1.807, 2.05) is 6.08 Å². The van der Waals surface area contributed by atoms with Gasteiger partial charge in [-0.3, -0.25) is 14.4 Å². The van der Waals surface area contributed by atoms with Crippen molar-refractivity contribution < 1.29 is 222 Å². The van der Waals surface area contributed by atoms with Crippen LogP contribution in [0.15, 0.2) is 24.3 Å². The normalized spacial score (nSPS) is 40.2. The smallest absolute Gasteiger partial charge is 0.220 e. The molecule has 0 aromatic heterocycles. The van der Waals surface area contributed by atoms with Crippen LogP contribution in [0.5, 0.6) is 0 Å². The molecule has 0 aliphatic carbocycles. The number of carbonyl (C=O) groups is 3. The number of unbranched alkanes of at least 4 members (excludes halogenated alkanes) is 30. The Morgan fingerprint density at radius 2 is 0.553 bits per heavy atom. The van der Waals surface area contributed by atoms with Gasteiger partial charge in [0.2, 0.25) is 17.7 Å². The maximum absolute atomic E-state index is 13.8. The molecule has 27 N–H and O–H groups in total. The SMILES string of the molecule is CCCCCCCC/C=C\CCCCCCCCCCCCCCCC(=O)N[C@@H](CO[C@@H]1OC(CO)[C@@H](O[C@@H]2OC(CO)[C@H](O)[C@H](O[C@@H]3OC(CO)[C@@H](O[C@@H]4OC(CO)[C@H](O)[C@H](O[C@@H]5OC(CO)[C@@H](O[C@@H]6OC(CO)[C@H](O)[C@H](O)C6O[C@H]6OC(C)[C@@H](O)C(O)[C@@H]6O)[C@H](O[C@H]6OC(C)[C@@H](O)C(O)[C@@H]6O)C5NC(C)=O)C4O)[C@H](O[C@H]4OC(C)[C@@H](O)C(O)[C@@H]4O)C3NC(C)=O)C2O)[C@H](O)C1O)[C@H](O)/C=C/CCCCCCCCCCCCC. The third kappa shape index (κ3) is 37.4. The van der Waals surface area contributed by atoms with Crippen molar-refractivity contribution in [3.63, 3.8) is 0 Å². The highest BCUT2D eigenvalue weighted by atomic mass is 16.8. The van der Waals surface area contributed by atoms with Crippen molar-refractivity contribution in [2.45, 2.75) is 555 Å². The lowest BCUT2D eigenvalue weighted by atomic mass is 9.93. The number of nitrogens with one attached hydrogen (secondary N) is 3. The zero-order valence-electron chi connectivity index (χ0n) is 87.7. The Hall–Kier alpha value is -3.79. The average molecular weight is 2170 g/mol. The Bertz CT molecular complexity index is 3760. The van der Waals surface area contributed by atoms with E-state index in [0.29, 0.717) is 12.8 Å². The van der Waals surface area contributed by atoms with Gasteiger partial charge in [0.25, 0.3) is 0 Å². The van der Waals surface area contributed by atoms with Crippen molar-refractivity contribution in [3.05, 3.63) is 24.3 Å². The summed E-state index contributed by atoms with van der Waals surface area (Å²) in [5, 5.41) is 282. The Labute approximate surface area is 877 Å². The summed E-state index contributed by atoms with van der Waals surface area (Å²) in [6.07, 6.45) is -42.8. The fourth-order valence-corrected chi connectivity index (χ4v) is 20.5. The molecule has 9 saturated heterocycles. The van der Waals surface area contributed by atoms with E-state index in [2.05, 4.69) is 41.9 Å². The quantitative estimate of drug-likeness (QED) is 0.0214. The van der Waals surface area contributed by atoms with Gasteiger partial charge in [0.15, 0.2) is 56.6 Å². The van der Waals surface area contributed by atoms with Crippen molar-refractivity contribution in [1.82, 2.24) is 16.0 Å². The monoisotopic (exact) mass is 2170 g/mol. The summed E-state index contributed by atoms with van der Waals surface area (Å²) in [6, 6.07) is -5.22. The molecule has 18 unspecified atom stereocenters. The second-order valence-corrected chi connectivity index (χ2v) is 41.5. The lowest BCUT2D eigenvalue weighted by Crippen LogP contribution is -2.72. The Morgan fingerprint density at radius 1 is 0.273 bits per heavy atom. The van der Waals surface area contributed by atoms with Crippen LogP contribution in [0.2, 0.25) is 0 Å². The van der Waals surface area contributed by atoms with E-state index in [0.717, 1.165) is 84.5 Å². The summed E-state index contributed by atoms with van der Waals surface area (Å²) < 4.78 is 111. The predicted octanol–water partition coefficient (Wildman–Crippen LogP) is -2.97. The van der Waals surface area contributed by atoms with Gasteiger partial charge in [-0.25, -0.2) is 0 Å². The number of hydrogen-bond donors (Lipinski definition) is 27. The van der Waals surface area contributed by atoms with Gasteiger partial charge in [-0.1, -0.05) is 205 Å². The molecule has 0 aromatic carbocycles. The second-order valence-electron chi connectivity index (χ2n) is 41.5. The van der Waals surface area contributed by atoms with Crippen LogP contribution in [-0.2, 0) is 99.6 Å². The first kappa shape index (κ1) is 130. The molecule has 0 aromatic rings. The number of ether oxygens (including phenoxy) is 18. The fourth-order valence-electron chi connectivity index (χ4n) is 20.5. The predicted molar refractivity (Wildman–Crippen MR) is 524 cm³/mol. The van der Waals surface area contributed by atoms with Crippen molar-refractivity contribution in [1.29, 1.82) is 0 Å². The maximum Gasteiger partial charge on any atom is 0.220 e. The molecule has 9 aliphatic heterocycles. The molecule has 0 bridgehead atoms. The van der Waals surface area contributed by atoms with Gasteiger partial charge in [0.1, 0.15) is 201 Å². The fraction of sp³-hybridized carbons (Fsp3) is 0.931. The zero-order valence-corrected chi connectivity index (χ0v) is 87.7. The van der Waals surface area contributed by atoms with Gasteiger partial charge in [0.05, 0.1) is 76.7 Å². The summed E-state index contributed by atoms with van der Waals surface area (Å²) in [5.41, 5.74) is 0. The molecule has 48 nitrogen and oxygen atoms in total. The molecule has 9 aliphatic rings. The van der Waals surface area contributed by atoms with E-state index in [1.54, 1.807) is 6.08 Å². The minimum absolute atomic E-state index is 0.129. The van der Waals surface area contributed by atoms with Gasteiger partial charge in [-0.05, 0) is 65.7 Å². The van der Waals surface area contributed by atoms with Crippen LogP contribution in [0.4, 0.5) is 0 Å². The van der Waals surface area contributed by atoms with E-state index in [1.165, 1.54) is 149 Å². The summed E-state index contributed by atoms with van der Waals surface area (Å²) in [4.78, 5) is 41.3. The molecule has 9 fully saturated rings. The molecule has 47 atom stereocenters. The molecule has 0 saturated carbocycles. The van der Waals surface area contributed by atoms with Crippen molar-refractivity contribution in [2.24, 2.45) is 0 Å². The molecular formula is C102H181N3O45. The molecule has 874 valence electrons. The maximum atomic E-state index is 13.8. The van der Waals surface area contributed by atoms with Gasteiger partial charge >= 0.3 is 0 Å². The molecule has 3 amide bonds. The lowest BCUT2D eigenvalue weighted by Gasteiger charge is -2.53. The first-order chi connectivity index (χ1) is 71.9. The average Bonchev–Trinajstić information content (AvgIpc) is 0.753. The summed E-state index contributed by atoms with van der Waals surface area (Å²) >= 11 is 0. The summed E-state index contributed by atoms with van der Waals surface area (Å²) in [5.74, 6) is -2.37. The third-order valence-corrected chi connectivity index (χ3v) is 29.6.